The van der Waals surface area contributed by atoms with Crippen LogP contribution in [0, 0.1) is 5.92 Å². The van der Waals surface area contributed by atoms with E-state index in [0.29, 0.717) is 36.0 Å². The highest BCUT2D eigenvalue weighted by Gasteiger charge is 2.30. The van der Waals surface area contributed by atoms with Crippen LogP contribution in [0.1, 0.15) is 12.8 Å². The monoisotopic (exact) mass is 435 g/mol. The van der Waals surface area contributed by atoms with Crippen LogP contribution in [-0.4, -0.2) is 50.1 Å². The molecule has 1 unspecified atom stereocenters. The molecule has 3 heterocycles. The Morgan fingerprint density at radius 3 is 2.97 bits per heavy atom. The Hall–Kier alpha value is -2.43. The van der Waals surface area contributed by atoms with Crippen molar-refractivity contribution in [1.82, 2.24) is 9.29 Å². The quantitative estimate of drug-likeness (QED) is 0.660. The molecule has 0 bridgehead atoms. The lowest BCUT2D eigenvalue weighted by Gasteiger charge is -2.29. The fourth-order valence-corrected chi connectivity index (χ4v) is 5.00. The summed E-state index contributed by atoms with van der Waals surface area (Å²) in [6, 6.07) is 7.42. The van der Waals surface area contributed by atoms with Crippen molar-refractivity contribution < 1.29 is 22.4 Å². The van der Waals surface area contributed by atoms with E-state index in [1.807, 2.05) is 29.6 Å². The normalized spacial score (nSPS) is 18.1. The molecule has 0 saturated carbocycles. The zero-order valence-electron chi connectivity index (χ0n) is 16.0. The minimum Gasteiger partial charge on any atom is -0.497 e. The van der Waals surface area contributed by atoms with Crippen molar-refractivity contribution in [3.63, 3.8) is 0 Å². The number of benzene rings is 1. The van der Waals surface area contributed by atoms with Crippen molar-refractivity contribution in [2.24, 2.45) is 5.92 Å². The lowest BCUT2D eigenvalue weighted by molar-refractivity contribution is -0.120. The van der Waals surface area contributed by atoms with Gasteiger partial charge < -0.3 is 14.5 Å². The molecule has 29 heavy (non-hydrogen) atoms. The summed E-state index contributed by atoms with van der Waals surface area (Å²) in [4.78, 5) is 17.0. The Morgan fingerprint density at radius 2 is 2.21 bits per heavy atom. The number of anilines is 1. The highest BCUT2D eigenvalue weighted by molar-refractivity contribution is 7.88. The van der Waals surface area contributed by atoms with Crippen LogP contribution < -0.4 is 10.1 Å². The summed E-state index contributed by atoms with van der Waals surface area (Å²) in [6.45, 7) is 0.662. The number of nitrogens with zero attached hydrogens (tertiary/aromatic N) is 2. The largest absolute Gasteiger partial charge is 0.497 e. The molecule has 2 aromatic heterocycles. The van der Waals surface area contributed by atoms with Gasteiger partial charge in [-0.05, 0) is 37.1 Å². The Kier molecular flexibility index (Phi) is 5.32. The van der Waals surface area contributed by atoms with E-state index in [9.17, 15) is 13.2 Å². The number of rotatable bonds is 5. The summed E-state index contributed by atoms with van der Waals surface area (Å²) in [5.41, 5.74) is 1.35. The first-order chi connectivity index (χ1) is 13.8. The summed E-state index contributed by atoms with van der Waals surface area (Å²) in [5, 5.41) is 5.99. The molecule has 10 heteroatoms. The van der Waals surface area contributed by atoms with Crippen LogP contribution in [0.2, 0.25) is 0 Å². The third kappa shape index (κ3) is 4.29. The Morgan fingerprint density at radius 1 is 1.38 bits per heavy atom. The molecular formula is C19H21N3O5S2. The zero-order chi connectivity index (χ0) is 20.6. The molecule has 1 atom stereocenters. The first kappa shape index (κ1) is 19.9. The third-order valence-corrected chi connectivity index (χ3v) is 6.96. The number of ether oxygens (including phenoxy) is 1. The van der Waals surface area contributed by atoms with Gasteiger partial charge in [0, 0.05) is 23.9 Å². The fraction of sp³-hybridized carbons (Fsp3) is 0.368. The molecule has 8 nitrogen and oxygen atoms in total. The van der Waals surface area contributed by atoms with Crippen molar-refractivity contribution >= 4 is 43.4 Å². The molecule has 1 aromatic carbocycles. The van der Waals surface area contributed by atoms with Gasteiger partial charge in [-0.1, -0.05) is 0 Å². The van der Waals surface area contributed by atoms with E-state index in [4.69, 9.17) is 9.15 Å². The summed E-state index contributed by atoms with van der Waals surface area (Å²) >= 11 is 1.30. The number of carbonyl (C=O) groups is 1. The molecule has 1 N–H and O–H groups in total. The number of hydrogen-bond donors (Lipinski definition) is 1. The van der Waals surface area contributed by atoms with E-state index in [1.54, 1.807) is 7.11 Å². The number of carbonyl (C=O) groups excluding carboxylic acids is 1. The molecule has 0 spiro atoms. The molecule has 1 aliphatic rings. The highest BCUT2D eigenvalue weighted by atomic mass is 32.2. The van der Waals surface area contributed by atoms with Crippen molar-refractivity contribution in [2.75, 3.05) is 31.8 Å². The molecule has 154 valence electrons. The van der Waals surface area contributed by atoms with E-state index in [-0.39, 0.29) is 18.4 Å². The second kappa shape index (κ2) is 7.77. The van der Waals surface area contributed by atoms with E-state index in [1.165, 1.54) is 21.9 Å². The predicted octanol–water partition coefficient (Wildman–Crippen LogP) is 3.18. The van der Waals surface area contributed by atoms with E-state index >= 15 is 0 Å². The minimum atomic E-state index is -3.30. The number of nitrogens with one attached hydrogen (secondary N) is 1. The van der Waals surface area contributed by atoms with Crippen molar-refractivity contribution in [2.45, 2.75) is 12.8 Å². The summed E-state index contributed by atoms with van der Waals surface area (Å²) < 4.78 is 35.9. The topological polar surface area (TPSA) is 102 Å². The summed E-state index contributed by atoms with van der Waals surface area (Å²) in [6.07, 6.45) is 2.49. The fourth-order valence-electron chi connectivity index (χ4n) is 3.38. The average Bonchev–Trinajstić information content (AvgIpc) is 3.33. The van der Waals surface area contributed by atoms with Crippen LogP contribution in [0.3, 0.4) is 0 Å². The Bertz CT molecular complexity index is 1150. The van der Waals surface area contributed by atoms with Crippen LogP contribution in [-0.2, 0) is 14.8 Å². The van der Waals surface area contributed by atoms with Crippen molar-refractivity contribution in [3.8, 4) is 17.2 Å². The Balaban J connectivity index is 1.47. The number of fused-ring (bicyclic) bond motifs is 1. The second-order valence-electron chi connectivity index (χ2n) is 7.00. The molecular weight excluding hydrogens is 414 g/mol. The molecule has 4 rings (SSSR count). The number of piperidine rings is 1. The average molecular weight is 436 g/mol. The van der Waals surface area contributed by atoms with Gasteiger partial charge in [-0.25, -0.2) is 17.7 Å². The van der Waals surface area contributed by atoms with Gasteiger partial charge in [0.25, 0.3) is 0 Å². The highest BCUT2D eigenvalue weighted by Crippen LogP contribution is 2.32. The first-order valence-electron chi connectivity index (χ1n) is 9.13. The molecule has 1 amide bonds. The molecule has 1 fully saturated rings. The van der Waals surface area contributed by atoms with Gasteiger partial charge in [0.2, 0.25) is 15.9 Å². The molecule has 1 aliphatic heterocycles. The van der Waals surface area contributed by atoms with Gasteiger partial charge in [-0.15, -0.1) is 11.3 Å². The first-order valence-corrected chi connectivity index (χ1v) is 11.9. The zero-order valence-corrected chi connectivity index (χ0v) is 17.7. The van der Waals surface area contributed by atoms with E-state index in [2.05, 4.69) is 10.3 Å². The van der Waals surface area contributed by atoms with Crippen molar-refractivity contribution in [1.29, 1.82) is 0 Å². The maximum atomic E-state index is 12.6. The number of hydrogen-bond acceptors (Lipinski definition) is 7. The van der Waals surface area contributed by atoms with E-state index in [0.717, 1.165) is 16.7 Å². The maximum absolute atomic E-state index is 12.6. The molecule has 3 aromatic rings. The standard InChI is InChI=1S/C19H21N3O5S2/c1-26-14-5-6-16-13(8-14)9-17(27-16)15-11-28-19(20-15)21-18(23)12-4-3-7-22(10-12)29(2,24)25/h5-6,8-9,11-12H,3-4,7,10H2,1-2H3,(H,20,21,23). The summed E-state index contributed by atoms with van der Waals surface area (Å²) in [5.74, 6) is 0.746. The van der Waals surface area contributed by atoms with Gasteiger partial charge in [0.1, 0.15) is 17.0 Å². The number of aromatic nitrogens is 1. The van der Waals surface area contributed by atoms with Gasteiger partial charge in [0.05, 0.1) is 19.3 Å². The van der Waals surface area contributed by atoms with Gasteiger partial charge in [-0.3, -0.25) is 4.79 Å². The number of furan rings is 1. The summed E-state index contributed by atoms with van der Waals surface area (Å²) in [7, 11) is -1.69. The third-order valence-electron chi connectivity index (χ3n) is 4.93. The smallest absolute Gasteiger partial charge is 0.230 e. The maximum Gasteiger partial charge on any atom is 0.230 e. The van der Waals surface area contributed by atoms with Crippen LogP contribution in [0.5, 0.6) is 5.75 Å². The number of sulfonamides is 1. The SMILES string of the molecule is COc1ccc2oc(-c3csc(NC(=O)C4CCCN(S(C)(=O)=O)C4)n3)cc2c1. The minimum absolute atomic E-state index is 0.203. The predicted molar refractivity (Wildman–Crippen MR) is 112 cm³/mol. The van der Waals surface area contributed by atoms with Crippen molar-refractivity contribution in [3.05, 3.63) is 29.6 Å². The van der Waals surface area contributed by atoms with E-state index < -0.39 is 10.0 Å². The number of thiazole rings is 1. The van der Waals surface area contributed by atoms with Gasteiger partial charge in [-0.2, -0.15) is 0 Å². The van der Waals surface area contributed by atoms with Gasteiger partial charge >= 0.3 is 0 Å². The van der Waals surface area contributed by atoms with Crippen LogP contribution >= 0.6 is 11.3 Å². The molecule has 0 radical (unpaired) electrons. The molecule has 0 aliphatic carbocycles. The number of amides is 1. The second-order valence-corrected chi connectivity index (χ2v) is 9.84. The van der Waals surface area contributed by atoms with Gasteiger partial charge in [0.15, 0.2) is 10.9 Å². The Labute approximate surface area is 172 Å². The van der Waals surface area contributed by atoms with Crippen LogP contribution in [0.25, 0.3) is 22.4 Å². The molecule has 1 saturated heterocycles. The van der Waals surface area contributed by atoms with Crippen LogP contribution in [0.15, 0.2) is 34.1 Å². The lowest BCUT2D eigenvalue weighted by atomic mass is 9.99. The number of methoxy groups -OCH3 is 1. The lowest BCUT2D eigenvalue weighted by Crippen LogP contribution is -2.43. The van der Waals surface area contributed by atoms with Crippen LogP contribution in [0.4, 0.5) is 5.13 Å².